The molecule has 136 valence electrons. The molecule has 0 bridgehead atoms. The number of hydrogen-bond donors (Lipinski definition) is 1. The van der Waals surface area contributed by atoms with Gasteiger partial charge in [0.05, 0.1) is 0 Å². The molecule has 0 saturated carbocycles. The Balaban J connectivity index is 2.92. The standard InChI is InChI=1S/C9H10NO.3C4H9.Sn/c1-7-3-5-8(6-4-7)9(11)10-2;3*1-3-4-2;/h3-6H,1H2,2H3,(H,10,11);3*1,3-4H2,2H3;. The number of unbranched alkanes of at least 4 members (excludes halogenated alkanes) is 3. The first-order valence-corrected chi connectivity index (χ1v) is 18.0. The molecule has 0 unspecified atom stereocenters. The Morgan fingerprint density at radius 1 is 0.875 bits per heavy atom. The number of amides is 1. The van der Waals surface area contributed by atoms with Crippen molar-refractivity contribution < 1.29 is 4.79 Å². The predicted octanol–water partition coefficient (Wildman–Crippen LogP) is 5.98. The second kappa shape index (κ2) is 11.9. The Labute approximate surface area is 153 Å². The van der Waals surface area contributed by atoms with Crippen LogP contribution in [0.15, 0.2) is 24.3 Å². The van der Waals surface area contributed by atoms with Crippen LogP contribution in [0.5, 0.6) is 0 Å². The van der Waals surface area contributed by atoms with Gasteiger partial charge in [0.25, 0.3) is 0 Å². The molecule has 0 aliphatic rings. The van der Waals surface area contributed by atoms with Gasteiger partial charge >= 0.3 is 154 Å². The summed E-state index contributed by atoms with van der Waals surface area (Å²) in [7, 11) is 1.69. The van der Waals surface area contributed by atoms with E-state index in [4.69, 9.17) is 0 Å². The molecule has 0 atom stereocenters. The molecule has 2 nitrogen and oxygen atoms in total. The summed E-state index contributed by atoms with van der Waals surface area (Å²) in [6.07, 6.45) is 8.23. The summed E-state index contributed by atoms with van der Waals surface area (Å²) in [5.74, 6) is 0.0132. The summed E-state index contributed by atoms with van der Waals surface area (Å²) in [6.45, 7) is 6.98. The predicted molar refractivity (Wildman–Crippen MR) is 108 cm³/mol. The third-order valence-electron chi connectivity index (χ3n) is 5.20. The van der Waals surface area contributed by atoms with Crippen molar-refractivity contribution in [3.63, 3.8) is 0 Å². The molecule has 1 aromatic carbocycles. The number of hydrogen-bond acceptors (Lipinski definition) is 1. The molecule has 0 saturated heterocycles. The maximum absolute atomic E-state index is 11.7. The molecular weight excluding hydrogens is 401 g/mol. The molecule has 1 N–H and O–H groups in total. The summed E-state index contributed by atoms with van der Waals surface area (Å²) in [6, 6.07) is 8.43. The Morgan fingerprint density at radius 3 is 1.71 bits per heavy atom. The minimum absolute atomic E-state index is 0.0132. The average Bonchev–Trinajstić information content (AvgIpc) is 2.62. The van der Waals surface area contributed by atoms with Gasteiger partial charge in [0.1, 0.15) is 0 Å². The molecule has 3 heteroatoms. The molecule has 0 aliphatic heterocycles. The second-order valence-corrected chi connectivity index (χ2v) is 21.1. The average molecular weight is 438 g/mol. The monoisotopic (exact) mass is 439 g/mol. The van der Waals surface area contributed by atoms with Crippen molar-refractivity contribution in [1.82, 2.24) is 5.32 Å². The van der Waals surface area contributed by atoms with Gasteiger partial charge in [-0.1, -0.05) is 0 Å². The molecule has 1 amide bonds. The van der Waals surface area contributed by atoms with Gasteiger partial charge in [0, 0.05) is 0 Å². The number of benzene rings is 1. The van der Waals surface area contributed by atoms with Gasteiger partial charge in [0.2, 0.25) is 0 Å². The summed E-state index contributed by atoms with van der Waals surface area (Å²) >= 11 is -2.12. The van der Waals surface area contributed by atoms with Crippen LogP contribution in [-0.2, 0) is 4.44 Å². The normalized spacial score (nSPS) is 11.5. The van der Waals surface area contributed by atoms with Crippen LogP contribution in [0.2, 0.25) is 13.3 Å². The number of carbonyl (C=O) groups is 1. The van der Waals surface area contributed by atoms with Crippen molar-refractivity contribution in [1.29, 1.82) is 0 Å². The molecule has 1 aromatic rings. The first-order chi connectivity index (χ1) is 11.6. The van der Waals surface area contributed by atoms with E-state index in [1.807, 2.05) is 12.1 Å². The fourth-order valence-electron chi connectivity index (χ4n) is 3.65. The van der Waals surface area contributed by atoms with Crippen LogP contribution in [0.3, 0.4) is 0 Å². The summed E-state index contributed by atoms with van der Waals surface area (Å²) < 4.78 is 6.00. The Bertz CT molecular complexity index is 447. The van der Waals surface area contributed by atoms with Crippen molar-refractivity contribution in [2.75, 3.05) is 7.05 Å². The molecular formula is C21H37NOSn. The van der Waals surface area contributed by atoms with Gasteiger partial charge in [0.15, 0.2) is 0 Å². The minimum atomic E-state index is -2.12. The fraction of sp³-hybridized carbons (Fsp3) is 0.667. The quantitative estimate of drug-likeness (QED) is 0.400. The van der Waals surface area contributed by atoms with Crippen molar-refractivity contribution in [3.05, 3.63) is 35.4 Å². The maximum atomic E-state index is 11.7. The summed E-state index contributed by atoms with van der Waals surface area (Å²) in [5, 5.41) is 2.71. The zero-order valence-corrected chi connectivity index (χ0v) is 19.1. The summed E-state index contributed by atoms with van der Waals surface area (Å²) in [5.41, 5.74) is 2.25. The third-order valence-corrected chi connectivity index (χ3v) is 20.6. The molecule has 0 spiro atoms. The molecule has 0 heterocycles. The third kappa shape index (κ3) is 7.16. The van der Waals surface area contributed by atoms with E-state index in [1.165, 1.54) is 48.5 Å². The zero-order chi connectivity index (χ0) is 17.8. The van der Waals surface area contributed by atoms with Crippen LogP contribution in [0.25, 0.3) is 0 Å². The van der Waals surface area contributed by atoms with E-state index in [2.05, 4.69) is 38.2 Å². The molecule has 1 rings (SSSR count). The first kappa shape index (κ1) is 21.5. The van der Waals surface area contributed by atoms with Crippen LogP contribution in [0, 0.1) is 0 Å². The van der Waals surface area contributed by atoms with Crippen LogP contribution >= 0.6 is 0 Å². The molecule has 24 heavy (non-hydrogen) atoms. The van der Waals surface area contributed by atoms with E-state index < -0.39 is 18.4 Å². The van der Waals surface area contributed by atoms with Crippen molar-refractivity contribution in [2.45, 2.75) is 77.0 Å². The molecule has 0 aromatic heterocycles. The summed E-state index contributed by atoms with van der Waals surface area (Å²) in [4.78, 5) is 11.7. The number of carbonyl (C=O) groups excluding carboxylic acids is 1. The second-order valence-electron chi connectivity index (χ2n) is 7.26. The first-order valence-electron chi connectivity index (χ1n) is 9.91. The molecule has 0 aliphatic carbocycles. The van der Waals surface area contributed by atoms with E-state index in [1.54, 1.807) is 20.4 Å². The Hall–Kier alpha value is -0.511. The molecule has 0 radical (unpaired) electrons. The van der Waals surface area contributed by atoms with Gasteiger partial charge in [-0.2, -0.15) is 0 Å². The van der Waals surface area contributed by atoms with E-state index >= 15 is 0 Å². The molecule has 0 fully saturated rings. The van der Waals surface area contributed by atoms with Gasteiger partial charge < -0.3 is 0 Å². The number of rotatable bonds is 12. The van der Waals surface area contributed by atoms with Crippen LogP contribution in [0.4, 0.5) is 0 Å². The Morgan fingerprint density at radius 2 is 1.33 bits per heavy atom. The van der Waals surface area contributed by atoms with Crippen molar-refractivity contribution >= 4 is 24.3 Å². The fourth-order valence-corrected chi connectivity index (χ4v) is 19.9. The van der Waals surface area contributed by atoms with Crippen LogP contribution < -0.4 is 5.32 Å². The zero-order valence-electron chi connectivity index (χ0n) is 16.3. The van der Waals surface area contributed by atoms with Gasteiger partial charge in [-0.05, 0) is 0 Å². The van der Waals surface area contributed by atoms with Crippen LogP contribution in [0.1, 0.15) is 75.2 Å². The van der Waals surface area contributed by atoms with Crippen LogP contribution in [-0.4, -0.2) is 31.3 Å². The van der Waals surface area contributed by atoms with E-state index in [-0.39, 0.29) is 5.91 Å². The SMILES string of the molecule is CCC[CH2][Sn]([CH2]CCC)([CH2]CCC)[CH2]c1ccc(C(=O)NC)cc1. The van der Waals surface area contributed by atoms with E-state index in [9.17, 15) is 4.79 Å². The van der Waals surface area contributed by atoms with Crippen molar-refractivity contribution in [3.8, 4) is 0 Å². The van der Waals surface area contributed by atoms with E-state index in [0.717, 1.165) is 5.56 Å². The Kier molecular flexibility index (Phi) is 10.7. The van der Waals surface area contributed by atoms with E-state index in [0.29, 0.717) is 0 Å². The van der Waals surface area contributed by atoms with Gasteiger partial charge in [-0.3, -0.25) is 0 Å². The van der Waals surface area contributed by atoms with Gasteiger partial charge in [-0.15, -0.1) is 0 Å². The van der Waals surface area contributed by atoms with Gasteiger partial charge in [-0.25, -0.2) is 0 Å². The topological polar surface area (TPSA) is 29.1 Å². The number of nitrogens with one attached hydrogen (secondary N) is 1. The van der Waals surface area contributed by atoms with Crippen molar-refractivity contribution in [2.24, 2.45) is 0 Å².